The zero-order valence-corrected chi connectivity index (χ0v) is 24.7. The van der Waals surface area contributed by atoms with Crippen LogP contribution in [0.2, 0.25) is 0 Å². The first-order valence-electron chi connectivity index (χ1n) is 14.1. The van der Waals surface area contributed by atoms with Gasteiger partial charge < -0.3 is 20.8 Å². The summed E-state index contributed by atoms with van der Waals surface area (Å²) in [5, 5.41) is 5.66. The van der Waals surface area contributed by atoms with Crippen LogP contribution in [0.25, 0.3) is 6.08 Å². The Balaban J connectivity index is 1.28. The summed E-state index contributed by atoms with van der Waals surface area (Å²) in [5.74, 6) is 6.80. The zero-order chi connectivity index (χ0) is 30.1. The van der Waals surface area contributed by atoms with Crippen LogP contribution in [-0.4, -0.2) is 47.2 Å². The molecule has 2 amide bonds. The molecule has 2 aromatic carbocycles. The van der Waals surface area contributed by atoms with Crippen LogP contribution in [0.3, 0.4) is 0 Å². The third kappa shape index (κ3) is 10.9. The fourth-order valence-corrected chi connectivity index (χ4v) is 4.93. The average Bonchev–Trinajstić information content (AvgIpc) is 3.05. The Hall–Kier alpha value is -4.67. The Labute approximate surface area is 256 Å². The van der Waals surface area contributed by atoms with Crippen molar-refractivity contribution in [1.82, 2.24) is 20.6 Å². The third-order valence-electron chi connectivity index (χ3n) is 6.31. The molecule has 0 aliphatic carbocycles. The Morgan fingerprint density at radius 1 is 0.884 bits per heavy atom. The van der Waals surface area contributed by atoms with Crippen LogP contribution in [0.5, 0.6) is 5.75 Å². The molecule has 0 aliphatic rings. The number of amides is 2. The molecular formula is C33H36N6O3S. The minimum absolute atomic E-state index is 0.241. The number of thioether (sulfide) groups is 1. The molecule has 0 fully saturated rings. The highest BCUT2D eigenvalue weighted by atomic mass is 32.2. The summed E-state index contributed by atoms with van der Waals surface area (Å²) in [7, 11) is 0. The van der Waals surface area contributed by atoms with Gasteiger partial charge in [0.25, 0.3) is 5.91 Å². The van der Waals surface area contributed by atoms with Gasteiger partial charge in [-0.1, -0.05) is 48.5 Å². The standard InChI is InChI=1S/C33H36N6O3S/c34-39-31-16-12-26(24-37-31)33(41)36-21-7-20-35-32(40)17-14-29-30(42-22-18-25-8-3-1-4-9-25)15-13-27(38-29)19-23-43-28-10-5-2-6-11-28/h1-6,8-17,24H,7,18-23,34H2,(H,35,40)(H,36,41)(H,37,39)/b17-14+. The van der Waals surface area contributed by atoms with Crippen LogP contribution in [0.15, 0.2) is 102 Å². The molecule has 0 spiro atoms. The third-order valence-corrected chi connectivity index (χ3v) is 7.32. The number of hydrogen-bond acceptors (Lipinski definition) is 8. The number of carbonyl (C=O) groups excluding carboxylic acids is 2. The molecule has 10 heteroatoms. The number of ether oxygens (including phenoxy) is 1. The van der Waals surface area contributed by atoms with E-state index in [1.807, 2.05) is 48.5 Å². The van der Waals surface area contributed by atoms with Crippen LogP contribution < -0.4 is 26.6 Å². The fourth-order valence-electron chi connectivity index (χ4n) is 4.03. The first kappa shape index (κ1) is 31.3. The van der Waals surface area contributed by atoms with Crippen LogP contribution in [0.1, 0.15) is 33.7 Å². The number of hydrazine groups is 1. The van der Waals surface area contributed by atoms with Gasteiger partial charge in [0.15, 0.2) is 0 Å². The number of hydrogen-bond donors (Lipinski definition) is 4. The number of rotatable bonds is 16. The highest BCUT2D eigenvalue weighted by molar-refractivity contribution is 7.99. The molecule has 0 atom stereocenters. The monoisotopic (exact) mass is 596 g/mol. The maximum absolute atomic E-state index is 12.5. The highest BCUT2D eigenvalue weighted by Gasteiger charge is 2.08. The summed E-state index contributed by atoms with van der Waals surface area (Å²) in [5.41, 5.74) is 5.58. The maximum atomic E-state index is 12.5. The van der Waals surface area contributed by atoms with E-state index < -0.39 is 0 Å². The number of carbonyl (C=O) groups is 2. The van der Waals surface area contributed by atoms with Crippen molar-refractivity contribution in [2.75, 3.05) is 30.9 Å². The summed E-state index contributed by atoms with van der Waals surface area (Å²) < 4.78 is 6.08. The van der Waals surface area contributed by atoms with Crippen molar-refractivity contribution < 1.29 is 14.3 Å². The van der Waals surface area contributed by atoms with E-state index in [0.29, 0.717) is 48.9 Å². The van der Waals surface area contributed by atoms with Gasteiger partial charge in [-0.15, -0.1) is 11.8 Å². The van der Waals surface area contributed by atoms with Crippen LogP contribution in [-0.2, 0) is 17.6 Å². The lowest BCUT2D eigenvalue weighted by molar-refractivity contribution is -0.116. The van der Waals surface area contributed by atoms with Gasteiger partial charge in [-0.3, -0.25) is 9.59 Å². The largest absolute Gasteiger partial charge is 0.491 e. The van der Waals surface area contributed by atoms with E-state index in [-0.39, 0.29) is 11.8 Å². The molecule has 4 aromatic rings. The van der Waals surface area contributed by atoms with Crippen LogP contribution >= 0.6 is 11.8 Å². The van der Waals surface area contributed by atoms with Gasteiger partial charge in [-0.05, 0) is 60.9 Å². The topological polar surface area (TPSA) is 131 Å². The summed E-state index contributed by atoms with van der Waals surface area (Å²) in [6.07, 6.45) is 6.72. The van der Waals surface area contributed by atoms with Gasteiger partial charge >= 0.3 is 0 Å². The van der Waals surface area contributed by atoms with Gasteiger partial charge in [-0.2, -0.15) is 0 Å². The second-order valence-corrected chi connectivity index (χ2v) is 10.7. The molecular weight excluding hydrogens is 560 g/mol. The molecule has 9 nitrogen and oxygen atoms in total. The number of nitrogens with one attached hydrogen (secondary N) is 3. The van der Waals surface area contributed by atoms with Crippen molar-refractivity contribution in [3.8, 4) is 5.75 Å². The molecule has 0 saturated carbocycles. The summed E-state index contributed by atoms with van der Waals surface area (Å²) in [4.78, 5) is 34.8. The van der Waals surface area contributed by atoms with Crippen molar-refractivity contribution in [2.45, 2.75) is 24.2 Å². The summed E-state index contributed by atoms with van der Waals surface area (Å²) in [6.45, 7) is 1.31. The minimum Gasteiger partial charge on any atom is -0.491 e. The molecule has 0 radical (unpaired) electrons. The Morgan fingerprint density at radius 2 is 1.65 bits per heavy atom. The lowest BCUT2D eigenvalue weighted by Gasteiger charge is -2.11. The van der Waals surface area contributed by atoms with Crippen LogP contribution in [0, 0.1) is 0 Å². The van der Waals surface area contributed by atoms with E-state index in [1.165, 1.54) is 22.7 Å². The quantitative estimate of drug-likeness (QED) is 0.0483. The van der Waals surface area contributed by atoms with Crippen molar-refractivity contribution in [1.29, 1.82) is 0 Å². The number of pyridine rings is 2. The molecule has 2 aromatic heterocycles. The lowest BCUT2D eigenvalue weighted by Crippen LogP contribution is -2.29. The van der Waals surface area contributed by atoms with Crippen molar-refractivity contribution >= 4 is 35.5 Å². The van der Waals surface area contributed by atoms with E-state index in [1.54, 1.807) is 30.0 Å². The lowest BCUT2D eigenvalue weighted by atomic mass is 10.2. The summed E-state index contributed by atoms with van der Waals surface area (Å²) in [6, 6.07) is 27.6. The predicted molar refractivity (Wildman–Crippen MR) is 172 cm³/mol. The second kappa shape index (κ2) is 17.3. The van der Waals surface area contributed by atoms with E-state index in [2.05, 4.69) is 45.3 Å². The van der Waals surface area contributed by atoms with E-state index in [4.69, 9.17) is 15.6 Å². The molecule has 222 valence electrons. The van der Waals surface area contributed by atoms with Gasteiger partial charge in [0.1, 0.15) is 17.3 Å². The van der Waals surface area contributed by atoms with Crippen molar-refractivity contribution in [3.05, 3.63) is 120 Å². The van der Waals surface area contributed by atoms with E-state index >= 15 is 0 Å². The first-order chi connectivity index (χ1) is 21.1. The molecule has 0 aliphatic heterocycles. The van der Waals surface area contributed by atoms with Crippen LogP contribution in [0.4, 0.5) is 5.82 Å². The average molecular weight is 597 g/mol. The Bertz CT molecular complexity index is 1470. The van der Waals surface area contributed by atoms with Crippen molar-refractivity contribution in [3.63, 3.8) is 0 Å². The zero-order valence-electron chi connectivity index (χ0n) is 23.9. The van der Waals surface area contributed by atoms with Gasteiger partial charge in [-0.25, -0.2) is 15.8 Å². The van der Waals surface area contributed by atoms with Gasteiger partial charge in [0.2, 0.25) is 5.91 Å². The molecule has 43 heavy (non-hydrogen) atoms. The highest BCUT2D eigenvalue weighted by Crippen LogP contribution is 2.22. The Morgan fingerprint density at radius 3 is 2.40 bits per heavy atom. The Kier molecular flexibility index (Phi) is 12.6. The summed E-state index contributed by atoms with van der Waals surface area (Å²) >= 11 is 1.78. The second-order valence-electron chi connectivity index (χ2n) is 9.49. The molecule has 4 rings (SSSR count). The van der Waals surface area contributed by atoms with E-state index in [9.17, 15) is 9.59 Å². The minimum atomic E-state index is -0.248. The number of anilines is 1. The number of aromatic nitrogens is 2. The van der Waals surface area contributed by atoms with Crippen molar-refractivity contribution in [2.24, 2.45) is 5.84 Å². The number of aryl methyl sites for hydroxylation is 1. The molecule has 0 bridgehead atoms. The normalized spacial score (nSPS) is 10.8. The molecule has 0 saturated heterocycles. The maximum Gasteiger partial charge on any atom is 0.252 e. The smallest absolute Gasteiger partial charge is 0.252 e. The first-order valence-corrected chi connectivity index (χ1v) is 15.1. The molecule has 2 heterocycles. The fraction of sp³-hybridized carbons (Fsp3) is 0.212. The van der Waals surface area contributed by atoms with Gasteiger partial charge in [0.05, 0.1) is 12.2 Å². The SMILES string of the molecule is NNc1ccc(C(=O)NCCCNC(=O)/C=C/c2nc(CCSc3ccccc3)ccc2OCCc2ccccc2)cn1. The van der Waals surface area contributed by atoms with E-state index in [0.717, 1.165) is 24.3 Å². The molecule has 0 unspecified atom stereocenters. The predicted octanol–water partition coefficient (Wildman–Crippen LogP) is 4.67. The molecule has 5 N–H and O–H groups in total. The number of nitrogens with zero attached hydrogens (tertiary/aromatic N) is 2. The van der Waals surface area contributed by atoms with Gasteiger partial charge in [0, 0.05) is 48.1 Å². The number of benzene rings is 2. The number of nitrogen functional groups attached to an aromatic ring is 1. The number of nitrogens with two attached hydrogens (primary N) is 1.